The van der Waals surface area contributed by atoms with Crippen LogP contribution >= 0.6 is 23.2 Å². The highest BCUT2D eigenvalue weighted by Gasteiger charge is 2.21. The molecule has 1 fully saturated rings. The molecule has 0 aromatic heterocycles. The number of likely N-dealkylation sites (N-methyl/N-ethyl adjacent to an activating group) is 1. The second kappa shape index (κ2) is 14.4. The van der Waals surface area contributed by atoms with Gasteiger partial charge in [0.05, 0.1) is 6.61 Å². The Morgan fingerprint density at radius 1 is 1.03 bits per heavy atom. The first-order valence-corrected chi connectivity index (χ1v) is 13.2. The molecule has 1 aliphatic carbocycles. The Morgan fingerprint density at radius 2 is 1.78 bits per heavy atom. The quantitative estimate of drug-likeness (QED) is 0.263. The zero-order valence-electron chi connectivity index (χ0n) is 20.6. The lowest BCUT2D eigenvalue weighted by atomic mass is 9.85. The van der Waals surface area contributed by atoms with Crippen molar-refractivity contribution < 1.29 is 19.4 Å². The van der Waals surface area contributed by atoms with Crippen molar-refractivity contribution in [1.29, 1.82) is 0 Å². The van der Waals surface area contributed by atoms with Gasteiger partial charge in [0.2, 0.25) is 0 Å². The molecule has 0 saturated heterocycles. The molecule has 4 N–H and O–H groups in total. The summed E-state index contributed by atoms with van der Waals surface area (Å²) in [6.45, 7) is 0.776. The van der Waals surface area contributed by atoms with Gasteiger partial charge in [0.15, 0.2) is 0 Å². The van der Waals surface area contributed by atoms with Crippen LogP contribution in [0.2, 0.25) is 10.0 Å². The molecule has 0 bridgehead atoms. The van der Waals surface area contributed by atoms with Crippen LogP contribution in [0.1, 0.15) is 66.1 Å². The van der Waals surface area contributed by atoms with E-state index in [-0.39, 0.29) is 25.1 Å². The smallest absolute Gasteiger partial charge is 0.404 e. The maximum Gasteiger partial charge on any atom is 0.404 e. The van der Waals surface area contributed by atoms with Crippen LogP contribution in [-0.2, 0) is 4.74 Å². The molecule has 2 atom stereocenters. The molecule has 0 radical (unpaired) electrons. The number of rotatable bonds is 12. The fourth-order valence-electron chi connectivity index (χ4n) is 4.73. The fraction of sp³-hybridized carbons (Fsp3) is 0.481. The summed E-state index contributed by atoms with van der Waals surface area (Å²) in [6, 6.07) is 12.6. The highest BCUT2D eigenvalue weighted by molar-refractivity contribution is 6.31. The molecule has 2 amide bonds. The van der Waals surface area contributed by atoms with Crippen molar-refractivity contribution in [3.63, 3.8) is 0 Å². The number of carbonyl (C=O) groups is 2. The highest BCUT2D eigenvalue weighted by Crippen LogP contribution is 2.31. The van der Waals surface area contributed by atoms with Crippen molar-refractivity contribution in [2.24, 2.45) is 5.92 Å². The lowest BCUT2D eigenvalue weighted by Gasteiger charge is -2.26. The third-order valence-electron chi connectivity index (χ3n) is 6.56. The monoisotopic (exact) mass is 535 g/mol. The molecule has 36 heavy (non-hydrogen) atoms. The average molecular weight is 537 g/mol. The normalized spacial score (nSPS) is 15.8. The molecule has 196 valence electrons. The summed E-state index contributed by atoms with van der Waals surface area (Å²) >= 11 is 12.6. The Hall–Kier alpha value is -2.32. The standard InChI is InChI=1S/C27H35Cl2N3O4/c1-30-24(12-18-6-3-2-4-7-18)17-32-26(33)21-13-20(15-23(29)16-21)25(36-11-10-31-27(34)35)19-8-5-9-22(28)14-19/h5,8-9,13-16,18,24-25,30-31H,2-4,6-7,10-12,17H2,1H3,(H,32,33)(H,34,35). The van der Waals surface area contributed by atoms with Gasteiger partial charge >= 0.3 is 6.09 Å². The van der Waals surface area contributed by atoms with Gasteiger partial charge in [-0.3, -0.25) is 4.79 Å². The van der Waals surface area contributed by atoms with Crippen LogP contribution in [-0.4, -0.2) is 49.9 Å². The van der Waals surface area contributed by atoms with Crippen molar-refractivity contribution in [2.45, 2.75) is 50.7 Å². The Balaban J connectivity index is 1.72. The Labute approximate surface area is 222 Å². The van der Waals surface area contributed by atoms with E-state index in [4.69, 9.17) is 33.0 Å². The van der Waals surface area contributed by atoms with Crippen LogP contribution in [0.3, 0.4) is 0 Å². The molecule has 9 heteroatoms. The van der Waals surface area contributed by atoms with Crippen molar-refractivity contribution >= 4 is 35.2 Å². The number of carboxylic acid groups (broad SMARTS) is 1. The van der Waals surface area contributed by atoms with Gasteiger partial charge in [-0.2, -0.15) is 0 Å². The first-order chi connectivity index (χ1) is 17.4. The minimum absolute atomic E-state index is 0.118. The van der Waals surface area contributed by atoms with Crippen LogP contribution in [0.15, 0.2) is 42.5 Å². The zero-order chi connectivity index (χ0) is 25.9. The van der Waals surface area contributed by atoms with Gasteiger partial charge in [0.1, 0.15) is 6.10 Å². The van der Waals surface area contributed by atoms with E-state index in [1.54, 1.807) is 30.3 Å². The van der Waals surface area contributed by atoms with Gasteiger partial charge in [-0.1, -0.05) is 67.4 Å². The summed E-state index contributed by atoms with van der Waals surface area (Å²) < 4.78 is 6.02. The molecule has 2 unspecified atom stereocenters. The number of benzene rings is 2. The number of hydrogen-bond donors (Lipinski definition) is 4. The minimum Gasteiger partial charge on any atom is -0.465 e. The van der Waals surface area contributed by atoms with Gasteiger partial charge in [-0.05, 0) is 60.8 Å². The first-order valence-electron chi connectivity index (χ1n) is 12.5. The molecule has 0 spiro atoms. The van der Waals surface area contributed by atoms with E-state index in [2.05, 4.69) is 16.0 Å². The van der Waals surface area contributed by atoms with E-state index in [1.165, 1.54) is 32.1 Å². The van der Waals surface area contributed by atoms with Crippen molar-refractivity contribution in [1.82, 2.24) is 16.0 Å². The number of nitrogens with one attached hydrogen (secondary N) is 3. The number of ether oxygens (including phenoxy) is 1. The van der Waals surface area contributed by atoms with Crippen LogP contribution in [0.5, 0.6) is 0 Å². The molecular weight excluding hydrogens is 501 g/mol. The summed E-state index contributed by atoms with van der Waals surface area (Å²) in [5.41, 5.74) is 1.89. The molecule has 7 nitrogen and oxygen atoms in total. The van der Waals surface area contributed by atoms with Gasteiger partial charge < -0.3 is 25.8 Å². The third kappa shape index (κ3) is 8.96. The lowest BCUT2D eigenvalue weighted by molar-refractivity contribution is 0.0813. The number of hydrogen-bond acceptors (Lipinski definition) is 4. The zero-order valence-corrected chi connectivity index (χ0v) is 22.1. The summed E-state index contributed by atoms with van der Waals surface area (Å²) in [5, 5.41) is 18.5. The largest absolute Gasteiger partial charge is 0.465 e. The summed E-state index contributed by atoms with van der Waals surface area (Å²) in [6.07, 6.45) is 5.77. The van der Waals surface area contributed by atoms with Crippen LogP contribution in [0, 0.1) is 5.92 Å². The van der Waals surface area contributed by atoms with Gasteiger partial charge in [-0.25, -0.2) is 4.79 Å². The molecule has 0 aliphatic heterocycles. The van der Waals surface area contributed by atoms with Gasteiger partial charge in [0, 0.05) is 34.7 Å². The number of amides is 2. The van der Waals surface area contributed by atoms with Crippen molar-refractivity contribution in [3.8, 4) is 0 Å². The Kier molecular flexibility index (Phi) is 11.3. The van der Waals surface area contributed by atoms with E-state index in [9.17, 15) is 9.59 Å². The van der Waals surface area contributed by atoms with E-state index < -0.39 is 12.2 Å². The van der Waals surface area contributed by atoms with Gasteiger partial charge in [0.25, 0.3) is 5.91 Å². The molecule has 3 rings (SSSR count). The molecule has 0 heterocycles. The topological polar surface area (TPSA) is 99.7 Å². The molecule has 1 saturated carbocycles. The second-order valence-electron chi connectivity index (χ2n) is 9.25. The summed E-state index contributed by atoms with van der Waals surface area (Å²) in [4.78, 5) is 23.9. The van der Waals surface area contributed by atoms with E-state index in [1.807, 2.05) is 19.2 Å². The minimum atomic E-state index is -1.12. The van der Waals surface area contributed by atoms with Crippen LogP contribution < -0.4 is 16.0 Å². The maximum absolute atomic E-state index is 13.1. The molecule has 2 aromatic carbocycles. The van der Waals surface area contributed by atoms with Crippen LogP contribution in [0.4, 0.5) is 4.79 Å². The predicted octanol–water partition coefficient (Wildman–Crippen LogP) is 5.66. The van der Waals surface area contributed by atoms with Crippen molar-refractivity contribution in [3.05, 3.63) is 69.2 Å². The first kappa shape index (κ1) is 28.3. The predicted molar refractivity (Wildman–Crippen MR) is 143 cm³/mol. The molecule has 2 aromatic rings. The van der Waals surface area contributed by atoms with Gasteiger partial charge in [-0.15, -0.1) is 0 Å². The number of carbonyl (C=O) groups excluding carboxylic acids is 1. The third-order valence-corrected chi connectivity index (χ3v) is 7.01. The summed E-state index contributed by atoms with van der Waals surface area (Å²) in [5.74, 6) is 0.497. The maximum atomic E-state index is 13.1. The summed E-state index contributed by atoms with van der Waals surface area (Å²) in [7, 11) is 1.93. The van der Waals surface area contributed by atoms with E-state index in [0.29, 0.717) is 33.6 Å². The highest BCUT2D eigenvalue weighted by atomic mass is 35.5. The number of halogens is 2. The van der Waals surface area contributed by atoms with Crippen LogP contribution in [0.25, 0.3) is 0 Å². The SMILES string of the molecule is CNC(CNC(=O)c1cc(Cl)cc(C(OCCNC(=O)O)c2cccc(Cl)c2)c1)CC1CCCCC1. The molecular formula is C27H35Cl2N3O4. The fourth-order valence-corrected chi connectivity index (χ4v) is 5.17. The lowest BCUT2D eigenvalue weighted by Crippen LogP contribution is -2.40. The van der Waals surface area contributed by atoms with E-state index >= 15 is 0 Å². The average Bonchev–Trinajstić information content (AvgIpc) is 2.86. The molecule has 1 aliphatic rings. The van der Waals surface area contributed by atoms with Crippen molar-refractivity contribution in [2.75, 3.05) is 26.7 Å². The van der Waals surface area contributed by atoms with E-state index in [0.717, 1.165) is 12.0 Å². The Bertz CT molecular complexity index is 1010. The Morgan fingerprint density at radius 3 is 2.47 bits per heavy atom. The second-order valence-corrected chi connectivity index (χ2v) is 10.1.